The molecule has 7 heteroatoms. The molecule has 0 saturated heterocycles. The summed E-state index contributed by atoms with van der Waals surface area (Å²) in [7, 11) is 0. The van der Waals surface area contributed by atoms with E-state index in [0.717, 1.165) is 25.7 Å². The fourth-order valence-electron chi connectivity index (χ4n) is 3.04. The third-order valence-corrected chi connectivity index (χ3v) is 4.49. The quantitative estimate of drug-likeness (QED) is 0.474. The minimum absolute atomic E-state index is 0.000193. The van der Waals surface area contributed by atoms with Gasteiger partial charge >= 0.3 is 0 Å². The lowest BCUT2D eigenvalue weighted by Crippen LogP contribution is -2.44. The zero-order valence-electron chi connectivity index (χ0n) is 17.1. The molecule has 1 aliphatic carbocycles. The molecule has 0 spiro atoms. The number of hydrogen-bond acceptors (Lipinski definition) is 5. The normalized spacial score (nSPS) is 19.7. The van der Waals surface area contributed by atoms with Gasteiger partial charge in [-0.25, -0.2) is 0 Å². The van der Waals surface area contributed by atoms with Crippen LogP contribution in [0.25, 0.3) is 0 Å². The maximum atomic E-state index is 12.0. The van der Waals surface area contributed by atoms with E-state index in [-0.39, 0.29) is 29.7 Å². The second-order valence-electron chi connectivity index (χ2n) is 7.71. The molecule has 27 heavy (non-hydrogen) atoms. The predicted molar refractivity (Wildman–Crippen MR) is 103 cm³/mol. The van der Waals surface area contributed by atoms with Gasteiger partial charge in [0.1, 0.15) is 5.78 Å². The lowest BCUT2D eigenvalue weighted by atomic mass is 9.91. The molecule has 0 aliphatic heterocycles. The predicted octanol–water partition coefficient (Wildman–Crippen LogP) is 1.98. The van der Waals surface area contributed by atoms with E-state index in [1.54, 1.807) is 0 Å². The fourth-order valence-corrected chi connectivity index (χ4v) is 3.04. The van der Waals surface area contributed by atoms with Crippen LogP contribution < -0.4 is 10.6 Å². The van der Waals surface area contributed by atoms with Crippen LogP contribution in [0.2, 0.25) is 0 Å². The average molecular weight is 385 g/mol. The first-order valence-corrected chi connectivity index (χ1v) is 10.1. The number of Topliss-reactive ketones (excluding diaryl/α,β-unsaturated/α-hetero) is 1. The minimum atomic E-state index is -0.000193. The van der Waals surface area contributed by atoms with E-state index in [2.05, 4.69) is 10.6 Å². The Morgan fingerprint density at radius 1 is 0.815 bits per heavy atom. The lowest BCUT2D eigenvalue weighted by molar-refractivity contribution is -0.124. The average Bonchev–Trinajstić information content (AvgIpc) is 2.58. The van der Waals surface area contributed by atoms with Crippen molar-refractivity contribution < 1.29 is 23.9 Å². The van der Waals surface area contributed by atoms with Crippen molar-refractivity contribution in [3.8, 4) is 0 Å². The van der Waals surface area contributed by atoms with Crippen LogP contribution in [-0.4, -0.2) is 56.1 Å². The third-order valence-electron chi connectivity index (χ3n) is 4.49. The van der Waals surface area contributed by atoms with Crippen LogP contribution in [0.15, 0.2) is 0 Å². The van der Waals surface area contributed by atoms with Crippen LogP contribution in [0, 0.1) is 5.92 Å². The van der Waals surface area contributed by atoms with Crippen molar-refractivity contribution in [2.75, 3.05) is 26.4 Å². The molecule has 1 fully saturated rings. The minimum Gasteiger partial charge on any atom is -0.379 e. The molecule has 0 atom stereocenters. The molecule has 0 heterocycles. The van der Waals surface area contributed by atoms with Gasteiger partial charge in [-0.2, -0.15) is 0 Å². The standard InChI is InChI=1S/C20H36N2O5/c1-15(2)14-20(25)22-18-6-4-17(5-7-18)21-19(24)9-11-27-13-12-26-10-8-16(3)23/h15,17-18H,4-14H2,1-3H3,(H,21,24)(H,22,25). The van der Waals surface area contributed by atoms with Crippen LogP contribution in [0.4, 0.5) is 0 Å². The molecule has 0 unspecified atom stereocenters. The van der Waals surface area contributed by atoms with Gasteiger partial charge < -0.3 is 20.1 Å². The van der Waals surface area contributed by atoms with E-state index < -0.39 is 0 Å². The Kier molecular flexibility index (Phi) is 11.9. The molecule has 2 amide bonds. The summed E-state index contributed by atoms with van der Waals surface area (Å²) >= 11 is 0. The van der Waals surface area contributed by atoms with Crippen LogP contribution in [-0.2, 0) is 23.9 Å². The summed E-state index contributed by atoms with van der Waals surface area (Å²) in [6.07, 6.45) is 4.92. The van der Waals surface area contributed by atoms with Crippen molar-refractivity contribution in [1.29, 1.82) is 0 Å². The van der Waals surface area contributed by atoms with Gasteiger partial charge in [-0.3, -0.25) is 14.4 Å². The van der Waals surface area contributed by atoms with Crippen LogP contribution >= 0.6 is 0 Å². The van der Waals surface area contributed by atoms with E-state index in [9.17, 15) is 14.4 Å². The van der Waals surface area contributed by atoms with Crippen LogP contribution in [0.3, 0.4) is 0 Å². The fraction of sp³-hybridized carbons (Fsp3) is 0.850. The van der Waals surface area contributed by atoms with Gasteiger partial charge in [0, 0.05) is 31.3 Å². The van der Waals surface area contributed by atoms with Crippen molar-refractivity contribution >= 4 is 17.6 Å². The van der Waals surface area contributed by atoms with Gasteiger partial charge in [-0.15, -0.1) is 0 Å². The number of amides is 2. The second-order valence-corrected chi connectivity index (χ2v) is 7.71. The first kappa shape index (κ1) is 23.6. The highest BCUT2D eigenvalue weighted by Crippen LogP contribution is 2.19. The Balaban J connectivity index is 2.02. The number of carbonyl (C=O) groups is 3. The number of carbonyl (C=O) groups excluding carboxylic acids is 3. The summed E-state index contributed by atoms with van der Waals surface area (Å²) in [5.74, 6) is 0.606. The van der Waals surface area contributed by atoms with Crippen LogP contribution in [0.5, 0.6) is 0 Å². The van der Waals surface area contributed by atoms with E-state index in [0.29, 0.717) is 51.6 Å². The SMILES string of the molecule is CC(=O)CCOCCOCCC(=O)NC1CCC(NC(=O)CC(C)C)CC1. The Hall–Kier alpha value is -1.47. The molecule has 7 nitrogen and oxygen atoms in total. The first-order chi connectivity index (χ1) is 12.9. The van der Waals surface area contributed by atoms with E-state index in [4.69, 9.17) is 9.47 Å². The molecule has 0 aromatic carbocycles. The highest BCUT2D eigenvalue weighted by molar-refractivity contribution is 5.77. The Morgan fingerprint density at radius 3 is 1.78 bits per heavy atom. The zero-order chi connectivity index (χ0) is 20.1. The number of rotatable bonds is 13. The smallest absolute Gasteiger partial charge is 0.222 e. The first-order valence-electron chi connectivity index (χ1n) is 10.1. The van der Waals surface area contributed by atoms with Crippen LogP contribution in [0.1, 0.15) is 65.7 Å². The second kappa shape index (κ2) is 13.7. The van der Waals surface area contributed by atoms with Gasteiger partial charge in [-0.1, -0.05) is 13.8 Å². The van der Waals surface area contributed by atoms with Crippen molar-refractivity contribution in [2.24, 2.45) is 5.92 Å². The largest absolute Gasteiger partial charge is 0.379 e. The summed E-state index contributed by atoms with van der Waals surface area (Å²) in [6, 6.07) is 0.418. The maximum absolute atomic E-state index is 12.0. The molecule has 0 aromatic rings. The van der Waals surface area contributed by atoms with Gasteiger partial charge in [0.2, 0.25) is 11.8 Å². The van der Waals surface area contributed by atoms with Crippen molar-refractivity contribution in [2.45, 2.75) is 77.8 Å². The number of ketones is 1. The Bertz CT molecular complexity index is 459. The number of nitrogens with one attached hydrogen (secondary N) is 2. The monoisotopic (exact) mass is 384 g/mol. The van der Waals surface area contributed by atoms with Gasteiger partial charge in [0.05, 0.1) is 26.4 Å². The summed E-state index contributed by atoms with van der Waals surface area (Å²) < 4.78 is 10.6. The molecule has 0 bridgehead atoms. The number of ether oxygens (including phenoxy) is 2. The van der Waals surface area contributed by atoms with Crippen molar-refractivity contribution in [3.63, 3.8) is 0 Å². The summed E-state index contributed by atoms with van der Waals surface area (Å²) in [5.41, 5.74) is 0. The lowest BCUT2D eigenvalue weighted by Gasteiger charge is -2.30. The molecular formula is C20H36N2O5. The molecule has 1 rings (SSSR count). The van der Waals surface area contributed by atoms with Crippen molar-refractivity contribution in [3.05, 3.63) is 0 Å². The van der Waals surface area contributed by atoms with E-state index in [1.807, 2.05) is 13.8 Å². The highest BCUT2D eigenvalue weighted by atomic mass is 16.5. The maximum Gasteiger partial charge on any atom is 0.222 e. The molecular weight excluding hydrogens is 348 g/mol. The summed E-state index contributed by atoms with van der Waals surface area (Å²) in [6.45, 7) is 7.25. The van der Waals surface area contributed by atoms with Gasteiger partial charge in [0.25, 0.3) is 0 Å². The Labute approximate surface area is 162 Å². The van der Waals surface area contributed by atoms with Crippen molar-refractivity contribution in [1.82, 2.24) is 10.6 Å². The molecule has 0 radical (unpaired) electrons. The van der Waals surface area contributed by atoms with Gasteiger partial charge in [-0.05, 0) is 38.5 Å². The van der Waals surface area contributed by atoms with E-state index >= 15 is 0 Å². The molecule has 1 aliphatic rings. The topological polar surface area (TPSA) is 93.7 Å². The molecule has 1 saturated carbocycles. The Morgan fingerprint density at radius 2 is 1.30 bits per heavy atom. The summed E-state index contributed by atoms with van der Waals surface area (Å²) in [5, 5.41) is 6.14. The third kappa shape index (κ3) is 12.5. The molecule has 2 N–H and O–H groups in total. The molecule has 0 aromatic heterocycles. The van der Waals surface area contributed by atoms with E-state index in [1.165, 1.54) is 6.92 Å². The summed E-state index contributed by atoms with van der Waals surface area (Å²) in [4.78, 5) is 34.5. The highest BCUT2D eigenvalue weighted by Gasteiger charge is 2.23. The van der Waals surface area contributed by atoms with Gasteiger partial charge in [0.15, 0.2) is 0 Å². The molecule has 156 valence electrons. The number of hydrogen-bond donors (Lipinski definition) is 2. The zero-order valence-corrected chi connectivity index (χ0v) is 17.1.